The molecule has 26 heavy (non-hydrogen) atoms. The number of benzene rings is 1. The highest BCUT2D eigenvalue weighted by Crippen LogP contribution is 2.34. The molecule has 1 aromatic carbocycles. The molecule has 0 radical (unpaired) electrons. The minimum absolute atomic E-state index is 0.0298. The van der Waals surface area contributed by atoms with E-state index >= 15 is 0 Å². The van der Waals surface area contributed by atoms with Gasteiger partial charge in [-0.2, -0.15) is 18.2 Å². The second-order valence-corrected chi connectivity index (χ2v) is 5.71. The lowest BCUT2D eigenvalue weighted by Crippen LogP contribution is -2.21. The lowest BCUT2D eigenvalue weighted by molar-refractivity contribution is -0.137. The van der Waals surface area contributed by atoms with Crippen LogP contribution in [0.2, 0.25) is 0 Å². The molecular weight excluding hydrogens is 349 g/mol. The van der Waals surface area contributed by atoms with Gasteiger partial charge >= 0.3 is 6.18 Å². The van der Waals surface area contributed by atoms with Crippen LogP contribution in [0, 0.1) is 0 Å². The fraction of sp³-hybridized carbons (Fsp3) is 0.312. The molecule has 2 aromatic rings. The summed E-state index contributed by atoms with van der Waals surface area (Å²) in [4.78, 5) is 19.1. The number of nitrogens with zero attached hydrogens (tertiary/aromatic N) is 2. The minimum Gasteiger partial charge on any atom is -0.368 e. The van der Waals surface area contributed by atoms with Crippen molar-refractivity contribution in [3.8, 4) is 0 Å². The van der Waals surface area contributed by atoms with Crippen molar-refractivity contribution < 1.29 is 18.0 Å². The smallest absolute Gasteiger partial charge is 0.368 e. The molecule has 138 valence electrons. The normalized spacial score (nSPS) is 13.3. The summed E-state index contributed by atoms with van der Waals surface area (Å²) >= 11 is 0. The SMILES string of the molecule is CNCCNc1nc(Nc2ccc3c(c2)CC(=O)N3)ncc1C(F)(F)F. The first-order valence-electron chi connectivity index (χ1n) is 7.89. The number of rotatable bonds is 6. The average Bonchev–Trinajstić information content (AvgIpc) is 2.93. The van der Waals surface area contributed by atoms with E-state index in [-0.39, 0.29) is 30.6 Å². The van der Waals surface area contributed by atoms with Gasteiger partial charge in [-0.15, -0.1) is 0 Å². The van der Waals surface area contributed by atoms with Crippen molar-refractivity contribution in [2.45, 2.75) is 12.6 Å². The maximum atomic E-state index is 13.1. The van der Waals surface area contributed by atoms with E-state index in [1.54, 1.807) is 25.2 Å². The third-order valence-electron chi connectivity index (χ3n) is 3.75. The fourth-order valence-corrected chi connectivity index (χ4v) is 2.53. The maximum absolute atomic E-state index is 13.1. The van der Waals surface area contributed by atoms with Gasteiger partial charge in [0.2, 0.25) is 11.9 Å². The molecular formula is C16H17F3N6O. The van der Waals surface area contributed by atoms with Crippen molar-refractivity contribution in [1.29, 1.82) is 0 Å². The molecule has 0 bridgehead atoms. The van der Waals surface area contributed by atoms with Gasteiger partial charge in [0.25, 0.3) is 0 Å². The summed E-state index contributed by atoms with van der Waals surface area (Å²) in [5.74, 6) is -0.357. The molecule has 4 N–H and O–H groups in total. The first-order valence-corrected chi connectivity index (χ1v) is 7.89. The standard InChI is InChI=1S/C16H17F3N6O/c1-20-4-5-21-14-11(16(17,18)19)8-22-15(25-14)23-10-2-3-12-9(6-10)7-13(26)24-12/h2-3,6,8,20H,4-5,7H2,1H3,(H,24,26)(H2,21,22,23,25). The van der Waals surface area contributed by atoms with E-state index in [1.807, 2.05) is 0 Å². The van der Waals surface area contributed by atoms with E-state index in [0.717, 1.165) is 17.4 Å². The molecule has 0 saturated heterocycles. The fourth-order valence-electron chi connectivity index (χ4n) is 2.53. The van der Waals surface area contributed by atoms with Crippen LogP contribution >= 0.6 is 0 Å². The van der Waals surface area contributed by atoms with Gasteiger partial charge in [0.15, 0.2) is 0 Å². The Bertz CT molecular complexity index is 824. The van der Waals surface area contributed by atoms with E-state index in [4.69, 9.17) is 0 Å². The van der Waals surface area contributed by atoms with Gasteiger partial charge in [0, 0.05) is 30.7 Å². The number of fused-ring (bicyclic) bond motifs is 1. The number of carbonyl (C=O) groups excluding carboxylic acids is 1. The number of hydrogen-bond acceptors (Lipinski definition) is 6. The highest BCUT2D eigenvalue weighted by atomic mass is 19.4. The highest BCUT2D eigenvalue weighted by Gasteiger charge is 2.35. The average molecular weight is 366 g/mol. The summed E-state index contributed by atoms with van der Waals surface area (Å²) in [5.41, 5.74) is 1.19. The van der Waals surface area contributed by atoms with Crippen LogP contribution in [0.15, 0.2) is 24.4 Å². The molecule has 0 unspecified atom stereocenters. The molecule has 10 heteroatoms. The molecule has 7 nitrogen and oxygen atoms in total. The Labute approximate surface area is 147 Å². The van der Waals surface area contributed by atoms with E-state index < -0.39 is 11.7 Å². The molecule has 1 aliphatic rings. The lowest BCUT2D eigenvalue weighted by Gasteiger charge is -2.15. The Balaban J connectivity index is 1.83. The Hall–Kier alpha value is -2.88. The van der Waals surface area contributed by atoms with Crippen molar-refractivity contribution in [2.24, 2.45) is 0 Å². The zero-order chi connectivity index (χ0) is 18.7. The number of alkyl halides is 3. The van der Waals surface area contributed by atoms with Crippen LogP contribution < -0.4 is 21.3 Å². The Kier molecular flexibility index (Phi) is 4.94. The van der Waals surface area contributed by atoms with Crippen molar-refractivity contribution in [3.05, 3.63) is 35.5 Å². The van der Waals surface area contributed by atoms with Crippen LogP contribution in [0.3, 0.4) is 0 Å². The summed E-state index contributed by atoms with van der Waals surface area (Å²) < 4.78 is 39.3. The van der Waals surface area contributed by atoms with Crippen LogP contribution in [0.25, 0.3) is 0 Å². The number of halogens is 3. The monoisotopic (exact) mass is 366 g/mol. The van der Waals surface area contributed by atoms with Crippen molar-refractivity contribution in [3.63, 3.8) is 0 Å². The third-order valence-corrected chi connectivity index (χ3v) is 3.75. The topological polar surface area (TPSA) is 91.0 Å². The quantitative estimate of drug-likeness (QED) is 0.587. The Morgan fingerprint density at radius 1 is 1.27 bits per heavy atom. The third kappa shape index (κ3) is 4.02. The summed E-state index contributed by atoms with van der Waals surface area (Å²) in [6.07, 6.45) is -3.55. The number of carbonyl (C=O) groups is 1. The molecule has 1 amide bonds. The number of hydrogen-bond donors (Lipinski definition) is 4. The predicted molar refractivity (Wildman–Crippen MR) is 91.5 cm³/mol. The van der Waals surface area contributed by atoms with E-state index in [0.29, 0.717) is 12.2 Å². The van der Waals surface area contributed by atoms with Gasteiger partial charge in [-0.25, -0.2) is 4.98 Å². The van der Waals surface area contributed by atoms with Crippen LogP contribution in [0.4, 0.5) is 36.3 Å². The summed E-state index contributed by atoms with van der Waals surface area (Å²) in [6.45, 7) is 0.762. The maximum Gasteiger partial charge on any atom is 0.421 e. The van der Waals surface area contributed by atoms with Crippen molar-refractivity contribution in [1.82, 2.24) is 15.3 Å². The number of anilines is 4. The van der Waals surface area contributed by atoms with Crippen LogP contribution in [0.5, 0.6) is 0 Å². The zero-order valence-electron chi connectivity index (χ0n) is 13.9. The lowest BCUT2D eigenvalue weighted by atomic mass is 10.1. The molecule has 2 heterocycles. The van der Waals surface area contributed by atoms with Gasteiger partial charge < -0.3 is 21.3 Å². The largest absolute Gasteiger partial charge is 0.421 e. The molecule has 1 aromatic heterocycles. The first kappa shape index (κ1) is 17.9. The summed E-state index contributed by atoms with van der Waals surface area (Å²) in [6, 6.07) is 5.15. The molecule has 1 aliphatic heterocycles. The second kappa shape index (κ2) is 7.16. The van der Waals surface area contributed by atoms with Gasteiger partial charge in [-0.3, -0.25) is 4.79 Å². The number of aromatic nitrogens is 2. The zero-order valence-corrected chi connectivity index (χ0v) is 13.9. The Morgan fingerprint density at radius 3 is 2.81 bits per heavy atom. The van der Waals surface area contributed by atoms with Gasteiger partial charge in [0.1, 0.15) is 11.4 Å². The summed E-state index contributed by atoms with van der Waals surface area (Å²) in [7, 11) is 1.70. The molecule has 0 spiro atoms. The van der Waals surface area contributed by atoms with Crippen molar-refractivity contribution >= 4 is 29.0 Å². The van der Waals surface area contributed by atoms with Crippen molar-refractivity contribution in [2.75, 3.05) is 36.1 Å². The molecule has 0 atom stereocenters. The van der Waals surface area contributed by atoms with Gasteiger partial charge in [-0.1, -0.05) is 0 Å². The number of likely N-dealkylation sites (N-methyl/N-ethyl adjacent to an activating group) is 1. The van der Waals surface area contributed by atoms with Gasteiger partial charge in [0.05, 0.1) is 6.42 Å². The summed E-state index contributed by atoms with van der Waals surface area (Å²) in [5, 5.41) is 11.1. The molecule has 3 rings (SSSR count). The first-order chi connectivity index (χ1) is 12.4. The van der Waals surface area contributed by atoms with Gasteiger partial charge in [-0.05, 0) is 30.8 Å². The number of nitrogens with one attached hydrogen (secondary N) is 4. The predicted octanol–water partition coefficient (Wildman–Crippen LogP) is 2.36. The van der Waals surface area contributed by atoms with E-state index in [2.05, 4.69) is 31.2 Å². The highest BCUT2D eigenvalue weighted by molar-refractivity contribution is 5.99. The number of amides is 1. The molecule has 0 saturated carbocycles. The minimum atomic E-state index is -4.56. The second-order valence-electron chi connectivity index (χ2n) is 5.71. The molecule has 0 fully saturated rings. The Morgan fingerprint density at radius 2 is 2.08 bits per heavy atom. The van der Waals surface area contributed by atoms with E-state index in [1.165, 1.54) is 0 Å². The van der Waals surface area contributed by atoms with Crippen LogP contribution in [0.1, 0.15) is 11.1 Å². The van der Waals surface area contributed by atoms with Crippen LogP contribution in [-0.2, 0) is 17.4 Å². The van der Waals surface area contributed by atoms with Crippen LogP contribution in [-0.4, -0.2) is 36.0 Å². The molecule has 0 aliphatic carbocycles. The van der Waals surface area contributed by atoms with E-state index in [9.17, 15) is 18.0 Å².